The van der Waals surface area contributed by atoms with E-state index in [-0.39, 0.29) is 5.82 Å². The molecule has 8 heteroatoms. The van der Waals surface area contributed by atoms with Crippen LogP contribution in [0.15, 0.2) is 6.33 Å². The summed E-state index contributed by atoms with van der Waals surface area (Å²) in [6, 6.07) is 0.756. The van der Waals surface area contributed by atoms with Crippen LogP contribution in [0.1, 0.15) is 43.6 Å². The number of hydrogen-bond acceptors (Lipinski definition) is 7. The average Bonchev–Trinajstić information content (AvgIpc) is 3.34. The van der Waals surface area contributed by atoms with Crippen LogP contribution >= 0.6 is 11.5 Å². The first-order chi connectivity index (χ1) is 11.7. The molecule has 6 nitrogen and oxygen atoms in total. The average molecular weight is 346 g/mol. The molecule has 2 aromatic heterocycles. The van der Waals surface area contributed by atoms with Crippen LogP contribution in [0, 0.1) is 5.82 Å². The molecule has 2 aromatic rings. The van der Waals surface area contributed by atoms with Crippen LogP contribution in [-0.2, 0) is 6.42 Å². The Morgan fingerprint density at radius 3 is 2.75 bits per heavy atom. The highest BCUT2D eigenvalue weighted by molar-refractivity contribution is 7.09. The summed E-state index contributed by atoms with van der Waals surface area (Å²) in [5.74, 6) is 1.80. The third-order valence-corrected chi connectivity index (χ3v) is 6.01. The van der Waals surface area contributed by atoms with E-state index < -0.39 is 0 Å². The van der Waals surface area contributed by atoms with Crippen LogP contribution in [0.5, 0.6) is 0 Å². The number of nitrogens with zero attached hydrogens (tertiary/aromatic N) is 6. The summed E-state index contributed by atoms with van der Waals surface area (Å²) in [5.41, 5.74) is 0.495. The minimum Gasteiger partial charge on any atom is -0.350 e. The molecule has 0 spiro atoms. The predicted octanol–water partition coefficient (Wildman–Crippen LogP) is 2.37. The van der Waals surface area contributed by atoms with E-state index in [1.807, 2.05) is 6.92 Å². The fourth-order valence-corrected chi connectivity index (χ4v) is 4.69. The van der Waals surface area contributed by atoms with Crippen LogP contribution in [0.3, 0.4) is 0 Å². The lowest BCUT2D eigenvalue weighted by Crippen LogP contribution is -2.69. The van der Waals surface area contributed by atoms with Crippen molar-refractivity contribution in [1.82, 2.24) is 19.3 Å². The second kappa shape index (κ2) is 5.34. The maximum atomic E-state index is 14.5. The van der Waals surface area contributed by atoms with Crippen molar-refractivity contribution in [2.45, 2.75) is 50.6 Å². The molecule has 0 N–H and O–H groups in total. The lowest BCUT2D eigenvalue weighted by molar-refractivity contribution is 0.288. The van der Waals surface area contributed by atoms with Crippen LogP contribution in [0.25, 0.3) is 0 Å². The first-order valence-corrected chi connectivity index (χ1v) is 9.38. The molecule has 2 unspecified atom stereocenters. The fraction of sp³-hybridized carbons (Fsp3) is 0.625. The smallest absolute Gasteiger partial charge is 0.205 e. The van der Waals surface area contributed by atoms with Crippen molar-refractivity contribution in [2.24, 2.45) is 0 Å². The van der Waals surface area contributed by atoms with E-state index in [4.69, 9.17) is 4.98 Å². The Bertz CT molecular complexity index is 764. The molecule has 0 radical (unpaired) electrons. The number of hydrogen-bond donors (Lipinski definition) is 0. The lowest BCUT2D eigenvalue weighted by Gasteiger charge is -2.56. The molecule has 3 saturated heterocycles. The molecular weight excluding hydrogens is 327 g/mol. The molecule has 4 fully saturated rings. The van der Waals surface area contributed by atoms with Gasteiger partial charge in [-0.2, -0.15) is 4.37 Å². The zero-order valence-corrected chi connectivity index (χ0v) is 14.3. The summed E-state index contributed by atoms with van der Waals surface area (Å²) < 4.78 is 19.0. The summed E-state index contributed by atoms with van der Waals surface area (Å²) in [5, 5.41) is 1.04. The van der Waals surface area contributed by atoms with Gasteiger partial charge < -0.3 is 9.80 Å². The Labute approximate surface area is 143 Å². The first-order valence-electron chi connectivity index (χ1n) is 8.61. The first kappa shape index (κ1) is 14.5. The third-order valence-electron chi connectivity index (χ3n) is 5.27. The van der Waals surface area contributed by atoms with Gasteiger partial charge in [0.1, 0.15) is 12.2 Å². The number of piperazine rings is 1. The number of rotatable bonds is 4. The number of aryl methyl sites for hydroxylation is 1. The van der Waals surface area contributed by atoms with Gasteiger partial charge in [-0.3, -0.25) is 0 Å². The SMILES string of the molecule is CCc1ncnc(N2CC3CC(C2)N3c2nc(C3CC3)ns2)c1F. The Kier molecular flexibility index (Phi) is 3.23. The number of aromatic nitrogens is 4. The Morgan fingerprint density at radius 2 is 2.04 bits per heavy atom. The second-order valence-electron chi connectivity index (χ2n) is 6.88. The van der Waals surface area contributed by atoms with Crippen LogP contribution in [0.4, 0.5) is 15.3 Å². The molecule has 126 valence electrons. The topological polar surface area (TPSA) is 58.0 Å². The molecule has 24 heavy (non-hydrogen) atoms. The van der Waals surface area contributed by atoms with E-state index in [1.165, 1.54) is 30.7 Å². The van der Waals surface area contributed by atoms with Crippen LogP contribution < -0.4 is 9.80 Å². The highest BCUT2D eigenvalue weighted by atomic mass is 32.1. The maximum Gasteiger partial charge on any atom is 0.205 e. The van der Waals surface area contributed by atoms with E-state index in [1.54, 1.807) is 0 Å². The van der Waals surface area contributed by atoms with Crippen molar-refractivity contribution >= 4 is 22.5 Å². The summed E-state index contributed by atoms with van der Waals surface area (Å²) in [7, 11) is 0. The summed E-state index contributed by atoms with van der Waals surface area (Å²) in [6.45, 7) is 3.48. The van der Waals surface area contributed by atoms with Crippen LogP contribution in [0.2, 0.25) is 0 Å². The van der Waals surface area contributed by atoms with E-state index in [0.29, 0.717) is 35.9 Å². The number of fused-ring (bicyclic) bond motifs is 2. The highest BCUT2D eigenvalue weighted by Crippen LogP contribution is 2.43. The minimum absolute atomic E-state index is 0.264. The molecule has 2 atom stereocenters. The summed E-state index contributed by atoms with van der Waals surface area (Å²) in [6.07, 6.45) is 5.65. The second-order valence-corrected chi connectivity index (χ2v) is 7.61. The standard InChI is InChI=1S/C16H19FN6S/c1-2-12-13(17)15(19-8-18-12)22-6-10-5-11(7-22)23(10)16-20-14(21-24-16)9-3-4-9/h8-11H,2-7H2,1H3. The van der Waals surface area contributed by atoms with Crippen molar-refractivity contribution in [2.75, 3.05) is 22.9 Å². The van der Waals surface area contributed by atoms with Gasteiger partial charge in [0, 0.05) is 30.5 Å². The molecule has 0 aromatic carbocycles. The Morgan fingerprint density at radius 1 is 1.25 bits per heavy atom. The monoisotopic (exact) mass is 346 g/mol. The number of halogens is 1. The molecule has 2 bridgehead atoms. The Balaban J connectivity index is 1.35. The Hall–Kier alpha value is -1.83. The highest BCUT2D eigenvalue weighted by Gasteiger charge is 2.47. The molecule has 5 heterocycles. The van der Waals surface area contributed by atoms with Gasteiger partial charge in [0.05, 0.1) is 17.8 Å². The molecular formula is C16H19FN6S. The molecule has 0 amide bonds. The molecule has 1 saturated carbocycles. The van der Waals surface area contributed by atoms with E-state index >= 15 is 0 Å². The minimum atomic E-state index is -0.264. The zero-order chi connectivity index (χ0) is 16.3. The van der Waals surface area contributed by atoms with E-state index in [2.05, 4.69) is 24.1 Å². The van der Waals surface area contributed by atoms with Gasteiger partial charge in [-0.1, -0.05) is 6.92 Å². The maximum absolute atomic E-state index is 14.5. The van der Waals surface area contributed by atoms with Gasteiger partial charge in [0.2, 0.25) is 5.13 Å². The molecule has 3 aliphatic heterocycles. The third kappa shape index (κ3) is 2.19. The van der Waals surface area contributed by atoms with Gasteiger partial charge in [-0.15, -0.1) is 0 Å². The largest absolute Gasteiger partial charge is 0.350 e. The number of piperidine rings is 1. The van der Waals surface area contributed by atoms with Gasteiger partial charge in [0.15, 0.2) is 11.6 Å². The van der Waals surface area contributed by atoms with Gasteiger partial charge >= 0.3 is 0 Å². The summed E-state index contributed by atoms with van der Waals surface area (Å²) in [4.78, 5) is 17.4. The van der Waals surface area contributed by atoms with E-state index in [0.717, 1.165) is 30.5 Å². The van der Waals surface area contributed by atoms with E-state index in [9.17, 15) is 4.39 Å². The lowest BCUT2D eigenvalue weighted by atomic mass is 9.88. The molecule has 6 rings (SSSR count). The quantitative estimate of drug-likeness (QED) is 0.847. The predicted molar refractivity (Wildman–Crippen MR) is 90.1 cm³/mol. The zero-order valence-electron chi connectivity index (χ0n) is 13.5. The van der Waals surface area contributed by atoms with Crippen LogP contribution in [-0.4, -0.2) is 44.5 Å². The fourth-order valence-electron chi connectivity index (χ4n) is 3.80. The molecule has 1 aliphatic carbocycles. The molecule has 4 aliphatic rings. The van der Waals surface area contributed by atoms with Crippen molar-refractivity contribution in [3.63, 3.8) is 0 Å². The summed E-state index contributed by atoms with van der Waals surface area (Å²) >= 11 is 1.51. The normalized spacial score (nSPS) is 25.8. The van der Waals surface area contributed by atoms with Crippen molar-refractivity contribution < 1.29 is 4.39 Å². The van der Waals surface area contributed by atoms with Crippen molar-refractivity contribution in [3.05, 3.63) is 23.7 Å². The van der Waals surface area contributed by atoms with Gasteiger partial charge in [0.25, 0.3) is 0 Å². The number of anilines is 2. The van der Waals surface area contributed by atoms with Gasteiger partial charge in [-0.05, 0) is 25.7 Å². The van der Waals surface area contributed by atoms with Crippen molar-refractivity contribution in [1.29, 1.82) is 0 Å². The van der Waals surface area contributed by atoms with Gasteiger partial charge in [-0.25, -0.2) is 19.3 Å². The van der Waals surface area contributed by atoms with Crippen molar-refractivity contribution in [3.8, 4) is 0 Å².